The van der Waals surface area contributed by atoms with Crippen LogP contribution in [0.2, 0.25) is 5.02 Å². The largest absolute Gasteiger partial charge is 0.460 e. The number of furan rings is 1. The summed E-state index contributed by atoms with van der Waals surface area (Å²) in [6, 6.07) is 5.52. The van der Waals surface area contributed by atoms with Gasteiger partial charge >= 0.3 is 0 Å². The molecule has 0 unspecified atom stereocenters. The number of nitrogens with two attached hydrogens (primary N) is 1. The zero-order valence-corrected chi connectivity index (χ0v) is 9.02. The minimum Gasteiger partial charge on any atom is -0.460 e. The van der Waals surface area contributed by atoms with Gasteiger partial charge in [0.2, 0.25) is 0 Å². The van der Waals surface area contributed by atoms with Gasteiger partial charge in [-0.05, 0) is 28.1 Å². The highest BCUT2D eigenvalue weighted by Crippen LogP contribution is 2.30. The first kappa shape index (κ1) is 9.06. The molecule has 1 aromatic carbocycles. The lowest BCUT2D eigenvalue weighted by Gasteiger charge is -1.93. The van der Waals surface area contributed by atoms with Gasteiger partial charge in [-0.25, -0.2) is 0 Å². The number of halogens is 2. The molecule has 4 heteroatoms. The predicted molar refractivity (Wildman–Crippen MR) is 56.8 cm³/mol. The van der Waals surface area contributed by atoms with Crippen LogP contribution in [0.25, 0.3) is 11.0 Å². The quantitative estimate of drug-likeness (QED) is 0.854. The monoisotopic (exact) mass is 259 g/mol. The summed E-state index contributed by atoms with van der Waals surface area (Å²) in [5, 5.41) is 1.65. The summed E-state index contributed by atoms with van der Waals surface area (Å²) in [7, 11) is 0. The van der Waals surface area contributed by atoms with Crippen molar-refractivity contribution in [3.63, 3.8) is 0 Å². The van der Waals surface area contributed by atoms with Crippen LogP contribution in [0.5, 0.6) is 0 Å². The van der Waals surface area contributed by atoms with Crippen molar-refractivity contribution in [1.29, 1.82) is 0 Å². The maximum Gasteiger partial charge on any atom is 0.136 e. The number of rotatable bonds is 1. The normalized spacial score (nSPS) is 11.0. The standard InChI is InChI=1S/C9H7BrClNO/c10-8-1-5(11)2-9-7(8)3-6(4-12)13-9/h1-3H,4,12H2. The van der Waals surface area contributed by atoms with E-state index in [1.165, 1.54) is 0 Å². The van der Waals surface area contributed by atoms with Crippen molar-refractivity contribution in [1.82, 2.24) is 0 Å². The maximum absolute atomic E-state index is 5.86. The summed E-state index contributed by atoms with van der Waals surface area (Å²) in [6.45, 7) is 0.402. The molecule has 0 bridgehead atoms. The molecule has 2 nitrogen and oxygen atoms in total. The third-order valence-corrected chi connectivity index (χ3v) is 2.68. The Bertz CT molecular complexity index is 452. The molecule has 13 heavy (non-hydrogen) atoms. The molecule has 2 aromatic rings. The van der Waals surface area contributed by atoms with E-state index < -0.39 is 0 Å². The Morgan fingerprint density at radius 1 is 1.38 bits per heavy atom. The molecule has 0 aliphatic carbocycles. The summed E-state index contributed by atoms with van der Waals surface area (Å²) >= 11 is 9.26. The molecule has 2 N–H and O–H groups in total. The second-order valence-corrected chi connectivity index (χ2v) is 4.01. The van der Waals surface area contributed by atoms with Gasteiger partial charge in [0.05, 0.1) is 6.54 Å². The van der Waals surface area contributed by atoms with Gasteiger partial charge in [-0.1, -0.05) is 11.6 Å². The highest BCUT2D eigenvalue weighted by molar-refractivity contribution is 9.10. The Morgan fingerprint density at radius 2 is 2.15 bits per heavy atom. The van der Waals surface area contributed by atoms with E-state index in [0.717, 1.165) is 21.2 Å². The zero-order valence-electron chi connectivity index (χ0n) is 6.68. The fourth-order valence-corrected chi connectivity index (χ4v) is 2.11. The highest BCUT2D eigenvalue weighted by Gasteiger charge is 2.06. The van der Waals surface area contributed by atoms with Crippen molar-refractivity contribution in [2.75, 3.05) is 0 Å². The SMILES string of the molecule is NCc1cc2c(Br)cc(Cl)cc2o1. The van der Waals surface area contributed by atoms with Crippen LogP contribution in [0, 0.1) is 0 Å². The first-order valence-electron chi connectivity index (χ1n) is 3.78. The first-order chi connectivity index (χ1) is 6.20. The van der Waals surface area contributed by atoms with Crippen LogP contribution in [0.4, 0.5) is 0 Å². The van der Waals surface area contributed by atoms with Crippen LogP contribution < -0.4 is 5.73 Å². The second-order valence-electron chi connectivity index (χ2n) is 2.72. The van der Waals surface area contributed by atoms with Gasteiger partial charge < -0.3 is 10.2 Å². The number of benzene rings is 1. The molecular formula is C9H7BrClNO. The fourth-order valence-electron chi connectivity index (χ4n) is 1.22. The second kappa shape index (κ2) is 3.33. The third-order valence-electron chi connectivity index (χ3n) is 1.80. The number of hydrogen-bond donors (Lipinski definition) is 1. The van der Waals surface area contributed by atoms with E-state index in [2.05, 4.69) is 15.9 Å². The lowest BCUT2D eigenvalue weighted by atomic mass is 10.2. The number of hydrogen-bond acceptors (Lipinski definition) is 2. The Morgan fingerprint density at radius 3 is 2.85 bits per heavy atom. The Kier molecular flexibility index (Phi) is 2.32. The predicted octanol–water partition coefficient (Wildman–Crippen LogP) is 3.31. The summed E-state index contributed by atoms with van der Waals surface area (Å²) in [5.41, 5.74) is 6.22. The van der Waals surface area contributed by atoms with E-state index in [-0.39, 0.29) is 0 Å². The smallest absolute Gasteiger partial charge is 0.136 e. The van der Waals surface area contributed by atoms with Gasteiger partial charge in [-0.2, -0.15) is 0 Å². The Balaban J connectivity index is 2.75. The topological polar surface area (TPSA) is 39.2 Å². The fraction of sp³-hybridized carbons (Fsp3) is 0.111. The summed E-state index contributed by atoms with van der Waals surface area (Å²) in [5.74, 6) is 0.762. The summed E-state index contributed by atoms with van der Waals surface area (Å²) < 4.78 is 6.37. The van der Waals surface area contributed by atoms with Crippen molar-refractivity contribution in [3.05, 3.63) is 33.5 Å². The molecule has 0 amide bonds. The van der Waals surface area contributed by atoms with Crippen LogP contribution in [-0.4, -0.2) is 0 Å². The lowest BCUT2D eigenvalue weighted by molar-refractivity contribution is 0.552. The van der Waals surface area contributed by atoms with Crippen molar-refractivity contribution in [3.8, 4) is 0 Å². The lowest BCUT2D eigenvalue weighted by Crippen LogP contribution is -1.92. The summed E-state index contributed by atoms with van der Waals surface area (Å²) in [6.07, 6.45) is 0. The summed E-state index contributed by atoms with van der Waals surface area (Å²) in [4.78, 5) is 0. The zero-order chi connectivity index (χ0) is 9.42. The van der Waals surface area contributed by atoms with Gasteiger partial charge in [-0.3, -0.25) is 0 Å². The van der Waals surface area contributed by atoms with Crippen LogP contribution in [0.15, 0.2) is 27.1 Å². The minimum atomic E-state index is 0.402. The van der Waals surface area contributed by atoms with E-state index >= 15 is 0 Å². The molecule has 2 rings (SSSR count). The van der Waals surface area contributed by atoms with E-state index in [1.54, 1.807) is 6.07 Å². The van der Waals surface area contributed by atoms with Gasteiger partial charge in [0, 0.05) is 20.9 Å². The van der Waals surface area contributed by atoms with Crippen LogP contribution in [0.1, 0.15) is 5.76 Å². The van der Waals surface area contributed by atoms with Crippen LogP contribution in [0.3, 0.4) is 0 Å². The average Bonchev–Trinajstić information content (AvgIpc) is 2.47. The van der Waals surface area contributed by atoms with E-state index in [4.69, 9.17) is 21.8 Å². The van der Waals surface area contributed by atoms with Crippen molar-refractivity contribution < 1.29 is 4.42 Å². The molecule has 1 aromatic heterocycles. The van der Waals surface area contributed by atoms with Crippen LogP contribution in [-0.2, 0) is 6.54 Å². The van der Waals surface area contributed by atoms with Gasteiger partial charge in [0.1, 0.15) is 11.3 Å². The number of fused-ring (bicyclic) bond motifs is 1. The molecule has 0 atom stereocenters. The van der Waals surface area contributed by atoms with E-state index in [0.29, 0.717) is 11.6 Å². The van der Waals surface area contributed by atoms with Gasteiger partial charge in [0.15, 0.2) is 0 Å². The van der Waals surface area contributed by atoms with Crippen molar-refractivity contribution in [2.24, 2.45) is 5.73 Å². The van der Waals surface area contributed by atoms with Crippen molar-refractivity contribution >= 4 is 38.5 Å². The van der Waals surface area contributed by atoms with Crippen molar-refractivity contribution in [2.45, 2.75) is 6.54 Å². The first-order valence-corrected chi connectivity index (χ1v) is 4.95. The van der Waals surface area contributed by atoms with Gasteiger partial charge in [0.25, 0.3) is 0 Å². The third kappa shape index (κ3) is 1.59. The highest BCUT2D eigenvalue weighted by atomic mass is 79.9. The van der Waals surface area contributed by atoms with Crippen LogP contribution >= 0.6 is 27.5 Å². The molecule has 0 saturated heterocycles. The Hall–Kier alpha value is -0.510. The molecule has 0 radical (unpaired) electrons. The minimum absolute atomic E-state index is 0.402. The molecular weight excluding hydrogens is 253 g/mol. The molecule has 0 aliphatic heterocycles. The molecule has 68 valence electrons. The molecule has 0 saturated carbocycles. The molecule has 1 heterocycles. The Labute approximate surface area is 88.8 Å². The maximum atomic E-state index is 5.86. The molecule has 0 fully saturated rings. The van der Waals surface area contributed by atoms with E-state index in [9.17, 15) is 0 Å². The van der Waals surface area contributed by atoms with Gasteiger partial charge in [-0.15, -0.1) is 0 Å². The molecule has 0 aliphatic rings. The average molecular weight is 261 g/mol. The molecule has 0 spiro atoms. The van der Waals surface area contributed by atoms with E-state index in [1.807, 2.05) is 12.1 Å².